The van der Waals surface area contributed by atoms with Crippen LogP contribution in [0.15, 0.2) is 0 Å². The molecule has 0 aliphatic carbocycles. The van der Waals surface area contributed by atoms with Crippen LogP contribution in [0.2, 0.25) is 0 Å². The fourth-order valence-corrected chi connectivity index (χ4v) is 2.08. The Morgan fingerprint density at radius 3 is 2.71 bits per heavy atom. The van der Waals surface area contributed by atoms with E-state index in [1.54, 1.807) is 0 Å². The van der Waals surface area contributed by atoms with Gasteiger partial charge in [-0.05, 0) is 51.4 Å². The van der Waals surface area contributed by atoms with Gasteiger partial charge >= 0.3 is 0 Å². The second kappa shape index (κ2) is 6.41. The lowest BCUT2D eigenvalue weighted by molar-refractivity contribution is 0.296. The topological polar surface area (TPSA) is 15.3 Å². The second-order valence-corrected chi connectivity index (χ2v) is 4.86. The van der Waals surface area contributed by atoms with Gasteiger partial charge in [0.05, 0.1) is 0 Å². The van der Waals surface area contributed by atoms with Crippen LogP contribution in [0.25, 0.3) is 0 Å². The van der Waals surface area contributed by atoms with Gasteiger partial charge in [-0.1, -0.05) is 20.8 Å². The number of hydrogen-bond acceptors (Lipinski definition) is 2. The van der Waals surface area contributed by atoms with E-state index < -0.39 is 0 Å². The van der Waals surface area contributed by atoms with Crippen LogP contribution in [0.4, 0.5) is 0 Å². The summed E-state index contributed by atoms with van der Waals surface area (Å²) < 4.78 is 0. The fraction of sp³-hybridized carbons (Fsp3) is 1.00. The maximum absolute atomic E-state index is 3.68. The van der Waals surface area contributed by atoms with Crippen molar-refractivity contribution in [3.8, 4) is 0 Å². The Kier molecular flexibility index (Phi) is 5.49. The van der Waals surface area contributed by atoms with E-state index in [-0.39, 0.29) is 0 Å². The molecule has 1 N–H and O–H groups in total. The molecule has 0 amide bonds. The van der Waals surface area contributed by atoms with Crippen LogP contribution in [0.1, 0.15) is 40.0 Å². The van der Waals surface area contributed by atoms with Gasteiger partial charge in [0.1, 0.15) is 0 Å². The number of rotatable bonds is 4. The summed E-state index contributed by atoms with van der Waals surface area (Å²) in [7, 11) is 0. The van der Waals surface area contributed by atoms with Crippen molar-refractivity contribution < 1.29 is 0 Å². The minimum atomic E-state index is 0.772. The Hall–Kier alpha value is -0.0800. The number of nitrogens with zero attached hydrogens (tertiary/aromatic N) is 1. The number of hydrogen-bond donors (Lipinski definition) is 1. The predicted octanol–water partition coefficient (Wildman–Crippen LogP) is 2.11. The SMILES string of the molecule is CCN1CCCC(NCC(C)C)CC1. The average molecular weight is 198 g/mol. The van der Waals surface area contributed by atoms with Gasteiger partial charge in [-0.15, -0.1) is 0 Å². The minimum absolute atomic E-state index is 0.772. The molecule has 84 valence electrons. The van der Waals surface area contributed by atoms with Gasteiger partial charge in [-0.2, -0.15) is 0 Å². The van der Waals surface area contributed by atoms with E-state index in [0.29, 0.717) is 0 Å². The van der Waals surface area contributed by atoms with Crippen molar-refractivity contribution in [1.82, 2.24) is 10.2 Å². The fourth-order valence-electron chi connectivity index (χ4n) is 2.08. The lowest BCUT2D eigenvalue weighted by Gasteiger charge is -2.19. The molecule has 0 radical (unpaired) electrons. The third-order valence-electron chi connectivity index (χ3n) is 3.08. The molecular formula is C12H26N2. The molecule has 0 aromatic heterocycles. The lowest BCUT2D eigenvalue weighted by Crippen LogP contribution is -2.33. The van der Waals surface area contributed by atoms with E-state index in [4.69, 9.17) is 0 Å². The molecule has 0 saturated carbocycles. The summed E-state index contributed by atoms with van der Waals surface area (Å²) in [4.78, 5) is 2.57. The molecule has 1 heterocycles. The van der Waals surface area contributed by atoms with E-state index in [9.17, 15) is 0 Å². The molecule has 2 heteroatoms. The highest BCUT2D eigenvalue weighted by molar-refractivity contribution is 4.74. The summed E-state index contributed by atoms with van der Waals surface area (Å²) in [6.45, 7) is 11.8. The van der Waals surface area contributed by atoms with E-state index in [2.05, 4.69) is 31.0 Å². The monoisotopic (exact) mass is 198 g/mol. The molecule has 0 bridgehead atoms. The zero-order valence-corrected chi connectivity index (χ0v) is 10.1. The van der Waals surface area contributed by atoms with Gasteiger partial charge in [0.2, 0.25) is 0 Å². The van der Waals surface area contributed by atoms with Crippen LogP contribution in [0.3, 0.4) is 0 Å². The molecule has 2 nitrogen and oxygen atoms in total. The maximum atomic E-state index is 3.68. The highest BCUT2D eigenvalue weighted by Crippen LogP contribution is 2.10. The summed E-state index contributed by atoms with van der Waals surface area (Å²) in [6, 6.07) is 0.772. The first-order valence-corrected chi connectivity index (χ1v) is 6.18. The molecule has 1 aliphatic heterocycles. The predicted molar refractivity (Wildman–Crippen MR) is 62.6 cm³/mol. The Labute approximate surface area is 89.1 Å². The summed E-state index contributed by atoms with van der Waals surface area (Å²) in [5.41, 5.74) is 0. The maximum Gasteiger partial charge on any atom is 0.00798 e. The minimum Gasteiger partial charge on any atom is -0.314 e. The molecular weight excluding hydrogens is 172 g/mol. The first-order chi connectivity index (χ1) is 6.72. The van der Waals surface area contributed by atoms with Crippen LogP contribution in [-0.4, -0.2) is 37.1 Å². The Morgan fingerprint density at radius 1 is 1.29 bits per heavy atom. The first-order valence-electron chi connectivity index (χ1n) is 6.18. The average Bonchev–Trinajstić information content (AvgIpc) is 2.39. The first kappa shape index (κ1) is 12.0. The van der Waals surface area contributed by atoms with Crippen molar-refractivity contribution in [2.45, 2.75) is 46.1 Å². The number of nitrogens with one attached hydrogen (secondary N) is 1. The van der Waals surface area contributed by atoms with E-state index in [1.165, 1.54) is 45.4 Å². The van der Waals surface area contributed by atoms with Gasteiger partial charge in [-0.3, -0.25) is 0 Å². The largest absolute Gasteiger partial charge is 0.314 e. The molecule has 1 atom stereocenters. The highest BCUT2D eigenvalue weighted by Gasteiger charge is 2.15. The molecule has 0 spiro atoms. The lowest BCUT2D eigenvalue weighted by atomic mass is 10.1. The van der Waals surface area contributed by atoms with Crippen molar-refractivity contribution in [3.05, 3.63) is 0 Å². The molecule has 0 aromatic rings. The Bertz CT molecular complexity index is 145. The molecule has 1 fully saturated rings. The van der Waals surface area contributed by atoms with Gasteiger partial charge in [0.15, 0.2) is 0 Å². The summed E-state index contributed by atoms with van der Waals surface area (Å²) in [5, 5.41) is 3.68. The summed E-state index contributed by atoms with van der Waals surface area (Å²) in [6.07, 6.45) is 4.06. The van der Waals surface area contributed by atoms with Crippen molar-refractivity contribution in [2.75, 3.05) is 26.2 Å². The van der Waals surface area contributed by atoms with Gasteiger partial charge in [0, 0.05) is 6.04 Å². The van der Waals surface area contributed by atoms with Gasteiger partial charge in [-0.25, -0.2) is 0 Å². The normalized spacial score (nSPS) is 25.3. The van der Waals surface area contributed by atoms with Crippen LogP contribution < -0.4 is 5.32 Å². The van der Waals surface area contributed by atoms with Crippen LogP contribution >= 0.6 is 0 Å². The number of likely N-dealkylation sites (tertiary alicyclic amines) is 1. The third-order valence-corrected chi connectivity index (χ3v) is 3.08. The molecule has 1 aliphatic rings. The zero-order chi connectivity index (χ0) is 10.4. The molecule has 1 rings (SSSR count). The summed E-state index contributed by atoms with van der Waals surface area (Å²) >= 11 is 0. The third kappa shape index (κ3) is 4.43. The molecule has 1 saturated heterocycles. The van der Waals surface area contributed by atoms with E-state index in [1.807, 2.05) is 0 Å². The molecule has 0 aromatic carbocycles. The van der Waals surface area contributed by atoms with Crippen molar-refractivity contribution in [2.24, 2.45) is 5.92 Å². The van der Waals surface area contributed by atoms with Crippen LogP contribution in [-0.2, 0) is 0 Å². The van der Waals surface area contributed by atoms with Gasteiger partial charge in [0.25, 0.3) is 0 Å². The van der Waals surface area contributed by atoms with Crippen LogP contribution in [0, 0.1) is 5.92 Å². The standard InChI is InChI=1S/C12H26N2/c1-4-14-8-5-6-12(7-9-14)13-10-11(2)3/h11-13H,4-10H2,1-3H3. The van der Waals surface area contributed by atoms with Gasteiger partial charge < -0.3 is 10.2 Å². The van der Waals surface area contributed by atoms with Crippen molar-refractivity contribution in [3.63, 3.8) is 0 Å². The molecule has 14 heavy (non-hydrogen) atoms. The Morgan fingerprint density at radius 2 is 2.07 bits per heavy atom. The van der Waals surface area contributed by atoms with E-state index in [0.717, 1.165) is 12.0 Å². The quantitative estimate of drug-likeness (QED) is 0.744. The zero-order valence-electron chi connectivity index (χ0n) is 10.1. The smallest absolute Gasteiger partial charge is 0.00798 e. The molecule has 1 unspecified atom stereocenters. The second-order valence-electron chi connectivity index (χ2n) is 4.86. The Balaban J connectivity index is 2.20. The van der Waals surface area contributed by atoms with Crippen molar-refractivity contribution >= 4 is 0 Å². The highest BCUT2D eigenvalue weighted by atomic mass is 15.1. The summed E-state index contributed by atoms with van der Waals surface area (Å²) in [5.74, 6) is 0.778. The van der Waals surface area contributed by atoms with Crippen molar-refractivity contribution in [1.29, 1.82) is 0 Å². The van der Waals surface area contributed by atoms with E-state index >= 15 is 0 Å². The van der Waals surface area contributed by atoms with Crippen LogP contribution in [0.5, 0.6) is 0 Å².